The van der Waals surface area contributed by atoms with Crippen LogP contribution >= 0.6 is 0 Å². The van der Waals surface area contributed by atoms with E-state index in [1.165, 1.54) is 12.1 Å². The zero-order chi connectivity index (χ0) is 13.3. The lowest BCUT2D eigenvalue weighted by Gasteiger charge is -2.14. The lowest BCUT2D eigenvalue weighted by molar-refractivity contribution is -0.140. The summed E-state index contributed by atoms with van der Waals surface area (Å²) < 4.78 is 38.7. The molecule has 4 N–H and O–H groups in total. The number of benzene rings is 1. The largest absolute Gasteiger partial charge is 0.434 e. The fourth-order valence-electron chi connectivity index (χ4n) is 1.59. The molecule has 1 aromatic carbocycles. The summed E-state index contributed by atoms with van der Waals surface area (Å²) in [4.78, 5) is 6.81. The van der Waals surface area contributed by atoms with Crippen LogP contribution in [0, 0.1) is 0 Å². The molecule has 2 rings (SSSR count). The topological polar surface area (TPSA) is 77.8 Å². The second-order valence-electron chi connectivity index (χ2n) is 3.55. The molecule has 0 spiro atoms. The standard InChI is InChI=1S/C11H9F3N4/c12-11(13,14)8-7(6-4-2-1-3-5-6)9(15)18-10(16)17-8/h1-5H,(H4,15,16,17,18). The van der Waals surface area contributed by atoms with Crippen molar-refractivity contribution in [2.75, 3.05) is 11.5 Å². The summed E-state index contributed by atoms with van der Waals surface area (Å²) >= 11 is 0. The maximum atomic E-state index is 12.9. The van der Waals surface area contributed by atoms with E-state index in [2.05, 4.69) is 9.97 Å². The molecule has 0 bridgehead atoms. The molecule has 0 atom stereocenters. The number of nitrogens with zero attached hydrogens (tertiary/aromatic N) is 2. The van der Waals surface area contributed by atoms with Crippen molar-refractivity contribution in [3.63, 3.8) is 0 Å². The molecule has 0 saturated heterocycles. The second kappa shape index (κ2) is 4.17. The summed E-state index contributed by atoms with van der Waals surface area (Å²) in [6, 6.07) is 7.89. The average Bonchev–Trinajstić information content (AvgIpc) is 2.28. The van der Waals surface area contributed by atoms with Crippen molar-refractivity contribution in [2.24, 2.45) is 0 Å². The van der Waals surface area contributed by atoms with Crippen molar-refractivity contribution >= 4 is 11.8 Å². The molecular weight excluding hydrogens is 245 g/mol. The second-order valence-corrected chi connectivity index (χ2v) is 3.55. The van der Waals surface area contributed by atoms with Gasteiger partial charge in [-0.25, -0.2) is 4.98 Å². The van der Waals surface area contributed by atoms with Crippen LogP contribution in [0.4, 0.5) is 24.9 Å². The van der Waals surface area contributed by atoms with E-state index in [0.29, 0.717) is 5.56 Å². The van der Waals surface area contributed by atoms with Gasteiger partial charge in [-0.05, 0) is 5.56 Å². The molecule has 0 fully saturated rings. The maximum Gasteiger partial charge on any atom is 0.434 e. The SMILES string of the molecule is Nc1nc(N)c(-c2ccccc2)c(C(F)(F)F)n1. The van der Waals surface area contributed by atoms with Gasteiger partial charge in [-0.15, -0.1) is 0 Å². The normalized spacial score (nSPS) is 11.5. The lowest BCUT2D eigenvalue weighted by Crippen LogP contribution is -2.15. The minimum atomic E-state index is -4.64. The van der Waals surface area contributed by atoms with Gasteiger partial charge in [0.25, 0.3) is 0 Å². The van der Waals surface area contributed by atoms with Gasteiger partial charge in [-0.2, -0.15) is 18.2 Å². The molecule has 7 heteroatoms. The van der Waals surface area contributed by atoms with Crippen molar-refractivity contribution in [2.45, 2.75) is 6.18 Å². The highest BCUT2D eigenvalue weighted by molar-refractivity contribution is 5.77. The van der Waals surface area contributed by atoms with E-state index in [-0.39, 0.29) is 11.4 Å². The maximum absolute atomic E-state index is 12.9. The minimum absolute atomic E-state index is 0.252. The molecule has 0 radical (unpaired) electrons. The highest BCUT2D eigenvalue weighted by Crippen LogP contribution is 2.38. The Bertz CT molecular complexity index is 566. The third-order valence-electron chi connectivity index (χ3n) is 2.29. The van der Waals surface area contributed by atoms with E-state index < -0.39 is 17.8 Å². The number of alkyl halides is 3. The fourth-order valence-corrected chi connectivity index (χ4v) is 1.59. The van der Waals surface area contributed by atoms with Crippen LogP contribution in [0.1, 0.15) is 5.69 Å². The summed E-state index contributed by atoms with van der Waals surface area (Å²) in [7, 11) is 0. The minimum Gasteiger partial charge on any atom is -0.383 e. The van der Waals surface area contributed by atoms with Crippen LogP contribution in [0.5, 0.6) is 0 Å². The first-order valence-electron chi connectivity index (χ1n) is 4.95. The number of nitrogen functional groups attached to an aromatic ring is 2. The van der Waals surface area contributed by atoms with Crippen LogP contribution in [-0.2, 0) is 6.18 Å². The van der Waals surface area contributed by atoms with E-state index >= 15 is 0 Å². The molecule has 0 aliphatic heterocycles. The van der Waals surface area contributed by atoms with Gasteiger partial charge in [0.05, 0.1) is 5.56 Å². The molecule has 4 nitrogen and oxygen atoms in total. The summed E-state index contributed by atoms with van der Waals surface area (Å²) in [6.45, 7) is 0. The summed E-state index contributed by atoms with van der Waals surface area (Å²) in [5.41, 5.74) is 9.64. The van der Waals surface area contributed by atoms with Crippen molar-refractivity contribution in [3.8, 4) is 11.1 Å². The molecule has 0 saturated carbocycles. The van der Waals surface area contributed by atoms with Gasteiger partial charge in [0.2, 0.25) is 5.95 Å². The zero-order valence-electron chi connectivity index (χ0n) is 9.07. The first-order valence-corrected chi connectivity index (χ1v) is 4.95. The van der Waals surface area contributed by atoms with Gasteiger partial charge in [0.1, 0.15) is 5.82 Å². The summed E-state index contributed by atoms with van der Waals surface area (Å²) in [5.74, 6) is -0.791. The smallest absolute Gasteiger partial charge is 0.383 e. The Labute approximate surface area is 100 Å². The number of anilines is 2. The van der Waals surface area contributed by atoms with Crippen LogP contribution in [0.2, 0.25) is 0 Å². The van der Waals surface area contributed by atoms with Crippen molar-refractivity contribution in [1.29, 1.82) is 0 Å². The number of hydrogen-bond donors (Lipinski definition) is 2. The summed E-state index contributed by atoms with van der Waals surface area (Å²) in [6.07, 6.45) is -4.64. The Balaban J connectivity index is 2.74. The van der Waals surface area contributed by atoms with Crippen LogP contribution in [-0.4, -0.2) is 9.97 Å². The van der Waals surface area contributed by atoms with Crippen LogP contribution < -0.4 is 11.5 Å². The first-order chi connectivity index (χ1) is 8.39. The molecule has 1 heterocycles. The zero-order valence-corrected chi connectivity index (χ0v) is 9.07. The molecule has 2 aromatic rings. The Hall–Kier alpha value is -2.31. The molecule has 0 aliphatic rings. The van der Waals surface area contributed by atoms with Crippen molar-refractivity contribution in [1.82, 2.24) is 9.97 Å². The van der Waals surface area contributed by atoms with Gasteiger partial charge < -0.3 is 11.5 Å². The van der Waals surface area contributed by atoms with Gasteiger partial charge in [0, 0.05) is 0 Å². The van der Waals surface area contributed by atoms with Crippen LogP contribution in [0.25, 0.3) is 11.1 Å². The number of aromatic nitrogens is 2. The third-order valence-corrected chi connectivity index (χ3v) is 2.29. The molecule has 0 unspecified atom stereocenters. The average molecular weight is 254 g/mol. The van der Waals surface area contributed by atoms with Gasteiger partial charge in [0.15, 0.2) is 5.69 Å². The molecule has 18 heavy (non-hydrogen) atoms. The molecule has 1 aromatic heterocycles. The van der Waals surface area contributed by atoms with E-state index in [9.17, 15) is 13.2 Å². The first kappa shape index (κ1) is 12.2. The van der Waals surface area contributed by atoms with E-state index in [4.69, 9.17) is 11.5 Å². The van der Waals surface area contributed by atoms with Crippen molar-refractivity contribution in [3.05, 3.63) is 36.0 Å². The quantitative estimate of drug-likeness (QED) is 0.818. The molecule has 94 valence electrons. The highest BCUT2D eigenvalue weighted by atomic mass is 19.4. The Kier molecular flexibility index (Phi) is 2.82. The highest BCUT2D eigenvalue weighted by Gasteiger charge is 2.37. The predicted octanol–water partition coefficient (Wildman–Crippen LogP) is 2.33. The van der Waals surface area contributed by atoms with Crippen LogP contribution in [0.15, 0.2) is 30.3 Å². The monoisotopic (exact) mass is 254 g/mol. The molecule has 0 aliphatic carbocycles. The predicted molar refractivity (Wildman–Crippen MR) is 61.3 cm³/mol. The third kappa shape index (κ3) is 2.20. The van der Waals surface area contributed by atoms with E-state index in [1.807, 2.05) is 0 Å². The van der Waals surface area contributed by atoms with Gasteiger partial charge in [-0.3, -0.25) is 0 Å². The van der Waals surface area contributed by atoms with E-state index in [0.717, 1.165) is 0 Å². The Morgan fingerprint density at radius 3 is 2.11 bits per heavy atom. The molecular formula is C11H9F3N4. The van der Waals surface area contributed by atoms with Crippen molar-refractivity contribution < 1.29 is 13.2 Å². The summed E-state index contributed by atoms with van der Waals surface area (Å²) in [5, 5.41) is 0. The Morgan fingerprint density at radius 2 is 1.56 bits per heavy atom. The number of hydrogen-bond acceptors (Lipinski definition) is 4. The number of halogens is 3. The fraction of sp³-hybridized carbons (Fsp3) is 0.0909. The van der Waals surface area contributed by atoms with Gasteiger partial charge in [-0.1, -0.05) is 30.3 Å². The van der Waals surface area contributed by atoms with Gasteiger partial charge >= 0.3 is 6.18 Å². The number of rotatable bonds is 1. The Morgan fingerprint density at radius 1 is 0.944 bits per heavy atom. The number of nitrogens with two attached hydrogens (primary N) is 2. The molecule has 0 amide bonds. The lowest BCUT2D eigenvalue weighted by atomic mass is 10.0. The van der Waals surface area contributed by atoms with Crippen LogP contribution in [0.3, 0.4) is 0 Å². The van der Waals surface area contributed by atoms with E-state index in [1.54, 1.807) is 18.2 Å².